The Hall–Kier alpha value is 0.951. The van der Waals surface area contributed by atoms with Gasteiger partial charge in [-0.2, -0.15) is 0 Å². The van der Waals surface area contributed by atoms with E-state index in [1.54, 1.807) is 0 Å². The van der Waals surface area contributed by atoms with Gasteiger partial charge in [0.25, 0.3) is 0 Å². The molecule has 0 aliphatic carbocycles. The largest absolute Gasteiger partial charge is 0.387 e. The van der Waals surface area contributed by atoms with Crippen molar-refractivity contribution in [2.24, 2.45) is 10.7 Å². The van der Waals surface area contributed by atoms with Crippen LogP contribution in [0.5, 0.6) is 0 Å². The normalized spacial score (nSPS) is 18.8. The molecule has 1 rings (SSSR count). The number of hydrogen-bond donors (Lipinski definition) is 1. The van der Waals surface area contributed by atoms with Gasteiger partial charge in [0, 0.05) is 58.4 Å². The third kappa shape index (κ3) is 3.07. The molecule has 1 aliphatic rings. The molecule has 0 bridgehead atoms. The van der Waals surface area contributed by atoms with E-state index in [0.717, 1.165) is 18.8 Å². The van der Waals surface area contributed by atoms with Crippen molar-refractivity contribution in [3.8, 4) is 0 Å². The van der Waals surface area contributed by atoms with Crippen molar-refractivity contribution in [2.45, 2.75) is 19.3 Å². The van der Waals surface area contributed by atoms with Crippen molar-refractivity contribution < 1.29 is 0 Å². The molecule has 1 heterocycles. The van der Waals surface area contributed by atoms with Gasteiger partial charge in [0.2, 0.25) is 0 Å². The summed E-state index contributed by atoms with van der Waals surface area (Å²) in [4.78, 5) is 4.02. The van der Waals surface area contributed by atoms with Crippen LogP contribution in [0, 0.1) is 0 Å². The monoisotopic (exact) mass is 186 g/mol. The molecule has 2 radical (unpaired) electrons. The summed E-state index contributed by atoms with van der Waals surface area (Å²) >= 11 is 0. The van der Waals surface area contributed by atoms with Crippen LogP contribution in [0.4, 0.5) is 0 Å². The molecule has 2 nitrogen and oxygen atoms in total. The summed E-state index contributed by atoms with van der Waals surface area (Å²) in [5.41, 5.74) is 5.38. The first-order valence-corrected chi connectivity index (χ1v) is 2.68. The summed E-state index contributed by atoms with van der Waals surface area (Å²) in [6.45, 7) is 0.950. The second-order valence-corrected chi connectivity index (χ2v) is 1.83. The standard InChI is InChI=1S/C5H10N2.Sr/c6-5-3-1-2-4-7-5;/h1-4H2,(H2,6,7);. The molecule has 0 unspecified atom stereocenters. The summed E-state index contributed by atoms with van der Waals surface area (Å²) in [5.74, 6) is 0.839. The molecule has 0 fully saturated rings. The predicted octanol–water partition coefficient (Wildman–Crippen LogP) is 0.147. The summed E-state index contributed by atoms with van der Waals surface area (Å²) in [6, 6.07) is 0. The SMILES string of the molecule is NC1=NCCCC1.[Sr]. The van der Waals surface area contributed by atoms with Crippen molar-refractivity contribution in [1.29, 1.82) is 0 Å². The van der Waals surface area contributed by atoms with Crippen molar-refractivity contribution >= 4 is 51.3 Å². The average Bonchev–Trinajstić information content (AvgIpc) is 1.69. The van der Waals surface area contributed by atoms with Crippen molar-refractivity contribution in [2.75, 3.05) is 6.54 Å². The average molecular weight is 186 g/mol. The van der Waals surface area contributed by atoms with Gasteiger partial charge in [0.05, 0.1) is 5.84 Å². The van der Waals surface area contributed by atoms with Gasteiger partial charge in [0.15, 0.2) is 0 Å². The van der Waals surface area contributed by atoms with E-state index >= 15 is 0 Å². The van der Waals surface area contributed by atoms with Crippen LogP contribution in [-0.4, -0.2) is 57.9 Å². The molecule has 8 heavy (non-hydrogen) atoms. The van der Waals surface area contributed by atoms with E-state index in [1.807, 2.05) is 0 Å². The third-order valence-electron chi connectivity index (χ3n) is 1.16. The molecule has 3 heteroatoms. The van der Waals surface area contributed by atoms with Crippen LogP contribution in [0.3, 0.4) is 0 Å². The van der Waals surface area contributed by atoms with Gasteiger partial charge in [-0.3, -0.25) is 4.99 Å². The maximum atomic E-state index is 5.38. The number of hydrogen-bond acceptors (Lipinski definition) is 2. The Bertz CT molecular complexity index is 90.4. The second-order valence-electron chi connectivity index (χ2n) is 1.83. The number of amidine groups is 1. The van der Waals surface area contributed by atoms with Crippen molar-refractivity contribution in [3.05, 3.63) is 0 Å². The summed E-state index contributed by atoms with van der Waals surface area (Å²) in [5, 5.41) is 0. The minimum atomic E-state index is 0. The first-order chi connectivity index (χ1) is 3.39. The quantitative estimate of drug-likeness (QED) is 0.537. The van der Waals surface area contributed by atoms with Crippen LogP contribution < -0.4 is 5.73 Å². The smallest absolute Gasteiger partial charge is 0.0937 e. The van der Waals surface area contributed by atoms with Gasteiger partial charge in [0.1, 0.15) is 0 Å². The zero-order valence-corrected chi connectivity index (χ0v) is 8.54. The molecule has 0 aromatic rings. The molecule has 0 saturated carbocycles. The van der Waals surface area contributed by atoms with Crippen LogP contribution in [0.25, 0.3) is 0 Å². The number of aliphatic imine (C=N–C) groups is 1. The third-order valence-corrected chi connectivity index (χ3v) is 1.16. The molecule has 0 aromatic carbocycles. The fourth-order valence-corrected chi connectivity index (χ4v) is 0.720. The zero-order valence-electron chi connectivity index (χ0n) is 5.06. The Kier molecular flexibility index (Phi) is 5.36. The van der Waals surface area contributed by atoms with Crippen LogP contribution in [-0.2, 0) is 0 Å². The topological polar surface area (TPSA) is 38.4 Å². The maximum Gasteiger partial charge on any atom is 0.0937 e. The molecule has 0 amide bonds. The van der Waals surface area contributed by atoms with Gasteiger partial charge in [-0.05, 0) is 12.8 Å². The first kappa shape index (κ1) is 8.95. The molecule has 0 aromatic heterocycles. The molecule has 1 aliphatic heterocycles. The fourth-order valence-electron chi connectivity index (χ4n) is 0.720. The van der Waals surface area contributed by atoms with Crippen LogP contribution in [0.2, 0.25) is 0 Å². The maximum absolute atomic E-state index is 5.38. The Morgan fingerprint density at radius 1 is 1.38 bits per heavy atom. The summed E-state index contributed by atoms with van der Waals surface area (Å²) < 4.78 is 0. The number of rotatable bonds is 0. The van der Waals surface area contributed by atoms with Gasteiger partial charge in [-0.15, -0.1) is 0 Å². The van der Waals surface area contributed by atoms with E-state index in [4.69, 9.17) is 5.73 Å². The minimum absolute atomic E-state index is 0. The van der Waals surface area contributed by atoms with E-state index < -0.39 is 0 Å². The first-order valence-electron chi connectivity index (χ1n) is 2.68. The van der Waals surface area contributed by atoms with Crippen LogP contribution in [0.15, 0.2) is 4.99 Å². The van der Waals surface area contributed by atoms with Crippen molar-refractivity contribution in [3.63, 3.8) is 0 Å². The molecule has 0 atom stereocenters. The Labute approximate surface area is 86.8 Å². The predicted molar refractivity (Wildman–Crippen MR) is 36.1 cm³/mol. The molecule has 2 N–H and O–H groups in total. The van der Waals surface area contributed by atoms with Crippen molar-refractivity contribution in [1.82, 2.24) is 0 Å². The summed E-state index contributed by atoms with van der Waals surface area (Å²) in [6.07, 6.45) is 3.47. The molecule has 0 saturated heterocycles. The second kappa shape index (κ2) is 4.79. The molecular weight excluding hydrogens is 176 g/mol. The van der Waals surface area contributed by atoms with Crippen LogP contribution >= 0.6 is 0 Å². The van der Waals surface area contributed by atoms with E-state index in [2.05, 4.69) is 4.99 Å². The fraction of sp³-hybridized carbons (Fsp3) is 0.800. The van der Waals surface area contributed by atoms with Gasteiger partial charge in [-0.25, -0.2) is 0 Å². The van der Waals surface area contributed by atoms with Crippen LogP contribution in [0.1, 0.15) is 19.3 Å². The van der Waals surface area contributed by atoms with Gasteiger partial charge in [-0.1, -0.05) is 0 Å². The Morgan fingerprint density at radius 2 is 2.12 bits per heavy atom. The van der Waals surface area contributed by atoms with E-state index in [1.165, 1.54) is 12.8 Å². The van der Waals surface area contributed by atoms with E-state index in [-0.39, 0.29) is 45.5 Å². The molecule has 0 spiro atoms. The summed E-state index contributed by atoms with van der Waals surface area (Å²) in [7, 11) is 0. The van der Waals surface area contributed by atoms with E-state index in [9.17, 15) is 0 Å². The Balaban J connectivity index is 0.000000490. The number of nitrogens with two attached hydrogens (primary N) is 1. The van der Waals surface area contributed by atoms with Gasteiger partial charge < -0.3 is 5.73 Å². The molecular formula is C5H10N2Sr. The van der Waals surface area contributed by atoms with E-state index in [0.29, 0.717) is 0 Å². The zero-order chi connectivity index (χ0) is 5.11. The minimum Gasteiger partial charge on any atom is -0.387 e. The number of nitrogens with zero attached hydrogens (tertiary/aromatic N) is 1. The van der Waals surface area contributed by atoms with Gasteiger partial charge >= 0.3 is 0 Å². The Morgan fingerprint density at radius 3 is 2.38 bits per heavy atom. The molecule has 42 valence electrons.